The van der Waals surface area contributed by atoms with Crippen LogP contribution in [-0.4, -0.2) is 53.0 Å². The fourth-order valence-corrected chi connectivity index (χ4v) is 3.97. The molecule has 0 spiro atoms. The van der Waals surface area contributed by atoms with Crippen LogP contribution >= 0.6 is 12.2 Å². The maximum atomic E-state index is 12.9. The number of halogens is 1. The average Bonchev–Trinajstić information content (AvgIpc) is 3.48. The van der Waals surface area contributed by atoms with E-state index in [0.717, 1.165) is 43.4 Å². The van der Waals surface area contributed by atoms with E-state index in [1.807, 2.05) is 16.3 Å². The Labute approximate surface area is 168 Å². The summed E-state index contributed by atoms with van der Waals surface area (Å²) in [4.78, 5) is 14.9. The molecule has 28 heavy (non-hydrogen) atoms. The van der Waals surface area contributed by atoms with Gasteiger partial charge in [0.15, 0.2) is 13.2 Å². The van der Waals surface area contributed by atoms with Crippen LogP contribution in [0.5, 0.6) is 0 Å². The Morgan fingerprint density at radius 1 is 1.21 bits per heavy atom. The van der Waals surface area contributed by atoms with Crippen LogP contribution in [0.25, 0.3) is 0 Å². The van der Waals surface area contributed by atoms with E-state index in [9.17, 15) is 9.18 Å². The maximum Gasteiger partial charge on any atom is 0.279 e. The number of hydrogen-bond acceptors (Lipinski definition) is 3. The highest BCUT2D eigenvalue weighted by Gasteiger charge is 2.30. The molecule has 1 amide bonds. The number of rotatable bonds is 6. The lowest BCUT2D eigenvalue weighted by atomic mass is 10.3. The van der Waals surface area contributed by atoms with Gasteiger partial charge in [0.2, 0.25) is 4.77 Å². The number of anilines is 1. The van der Waals surface area contributed by atoms with Crippen LogP contribution in [0.4, 0.5) is 10.1 Å². The van der Waals surface area contributed by atoms with Crippen molar-refractivity contribution in [1.29, 1.82) is 0 Å². The van der Waals surface area contributed by atoms with E-state index in [4.69, 9.17) is 17.3 Å². The largest absolute Gasteiger partial charge is 0.321 e. The number of hydrogen-bond donors (Lipinski definition) is 3. The molecule has 0 radical (unpaired) electrons. The van der Waals surface area contributed by atoms with Crippen molar-refractivity contribution in [3.63, 3.8) is 0 Å². The van der Waals surface area contributed by atoms with E-state index in [0.29, 0.717) is 18.2 Å². The molecule has 1 aromatic heterocycles. The highest BCUT2D eigenvalue weighted by molar-refractivity contribution is 7.71. The Hall–Kier alpha value is -2.10. The molecule has 1 saturated heterocycles. The molecular weight excluding hydrogens is 379 g/mol. The Morgan fingerprint density at radius 2 is 1.86 bits per heavy atom. The monoisotopic (exact) mass is 406 g/mol. The summed E-state index contributed by atoms with van der Waals surface area (Å²) in [6.07, 6.45) is 2.43. The van der Waals surface area contributed by atoms with Crippen LogP contribution in [-0.2, 0) is 18.5 Å². The minimum atomic E-state index is -0.306. The molecule has 2 aromatic rings. The summed E-state index contributed by atoms with van der Waals surface area (Å²) >= 11 is 5.55. The zero-order valence-electron chi connectivity index (χ0n) is 16.1. The lowest BCUT2D eigenvalue weighted by Gasteiger charge is -2.29. The van der Waals surface area contributed by atoms with Crippen molar-refractivity contribution < 1.29 is 19.0 Å². The van der Waals surface area contributed by atoms with Crippen molar-refractivity contribution in [3.05, 3.63) is 40.7 Å². The summed E-state index contributed by atoms with van der Waals surface area (Å²) in [5.41, 5.74) is 0.631. The summed E-state index contributed by atoms with van der Waals surface area (Å²) in [7, 11) is 2.01. The minimum absolute atomic E-state index is 0.0360. The molecule has 7 nitrogen and oxygen atoms in total. The third-order valence-corrected chi connectivity index (χ3v) is 6.08. The topological polar surface area (TPSA) is 60.7 Å². The lowest BCUT2D eigenvalue weighted by Crippen LogP contribution is -3.28. The number of aromatic nitrogens is 3. The lowest BCUT2D eigenvalue weighted by molar-refractivity contribution is -1.02. The first-order valence-electron chi connectivity index (χ1n) is 9.86. The number of amides is 1. The molecule has 2 heterocycles. The van der Waals surface area contributed by atoms with Gasteiger partial charge in [-0.2, -0.15) is 9.78 Å². The molecule has 0 bridgehead atoms. The zero-order chi connectivity index (χ0) is 19.7. The number of carbonyl (C=O) groups is 1. The van der Waals surface area contributed by atoms with Crippen LogP contribution < -0.4 is 15.1 Å². The van der Waals surface area contributed by atoms with Crippen molar-refractivity contribution in [3.8, 4) is 0 Å². The first-order chi connectivity index (χ1) is 13.5. The number of nitrogens with zero attached hydrogens (tertiary/aromatic N) is 3. The molecule has 3 N–H and O–H groups in total. The average molecular weight is 407 g/mol. The van der Waals surface area contributed by atoms with E-state index in [1.54, 1.807) is 12.1 Å². The van der Waals surface area contributed by atoms with Gasteiger partial charge in [0.25, 0.3) is 5.91 Å². The van der Waals surface area contributed by atoms with E-state index in [1.165, 1.54) is 34.8 Å². The molecule has 2 fully saturated rings. The van der Waals surface area contributed by atoms with Crippen molar-refractivity contribution in [1.82, 2.24) is 14.3 Å². The fraction of sp³-hybridized carbons (Fsp3) is 0.526. The van der Waals surface area contributed by atoms with E-state index in [-0.39, 0.29) is 11.7 Å². The van der Waals surface area contributed by atoms with Gasteiger partial charge in [-0.3, -0.25) is 4.79 Å². The van der Waals surface area contributed by atoms with Gasteiger partial charge >= 0.3 is 0 Å². The van der Waals surface area contributed by atoms with Crippen LogP contribution in [0.15, 0.2) is 24.3 Å². The predicted molar refractivity (Wildman–Crippen MR) is 105 cm³/mol. The van der Waals surface area contributed by atoms with Gasteiger partial charge in [-0.15, -0.1) is 0 Å². The summed E-state index contributed by atoms with van der Waals surface area (Å²) in [6, 6.07) is 5.86. The maximum absolute atomic E-state index is 12.9. The quantitative estimate of drug-likeness (QED) is 0.559. The van der Waals surface area contributed by atoms with Crippen LogP contribution in [0.1, 0.15) is 24.6 Å². The van der Waals surface area contributed by atoms with Gasteiger partial charge in [-0.25, -0.2) is 4.39 Å². The molecule has 4 rings (SSSR count). The van der Waals surface area contributed by atoms with Crippen molar-refractivity contribution in [2.45, 2.75) is 25.4 Å². The van der Waals surface area contributed by atoms with Gasteiger partial charge in [0, 0.05) is 18.7 Å². The second-order valence-corrected chi connectivity index (χ2v) is 8.23. The second kappa shape index (κ2) is 8.10. The predicted octanol–water partition coefficient (Wildman–Crippen LogP) is -0.653. The molecule has 1 aromatic carbocycles. The molecule has 150 valence electrons. The normalized spacial score (nSPS) is 22.2. The van der Waals surface area contributed by atoms with Crippen molar-refractivity contribution in [2.24, 2.45) is 7.05 Å². The van der Waals surface area contributed by atoms with Crippen LogP contribution in [0.3, 0.4) is 0 Å². The summed E-state index contributed by atoms with van der Waals surface area (Å²) < 4.78 is 17.8. The fourth-order valence-electron chi connectivity index (χ4n) is 3.77. The Bertz CT molecular complexity index is 896. The van der Waals surface area contributed by atoms with Crippen LogP contribution in [0, 0.1) is 10.6 Å². The van der Waals surface area contributed by atoms with E-state index < -0.39 is 0 Å². The second-order valence-electron chi connectivity index (χ2n) is 7.86. The molecule has 0 atom stereocenters. The van der Waals surface area contributed by atoms with Gasteiger partial charge in [-0.1, -0.05) is 0 Å². The van der Waals surface area contributed by atoms with Gasteiger partial charge in [-0.05, 0) is 49.3 Å². The molecule has 1 saturated carbocycles. The number of piperazine rings is 1. The van der Waals surface area contributed by atoms with Gasteiger partial charge in [0.1, 0.15) is 37.8 Å². The zero-order valence-corrected chi connectivity index (χ0v) is 16.9. The van der Waals surface area contributed by atoms with Crippen LogP contribution in [0.2, 0.25) is 0 Å². The molecular formula is C19H27FN6OS+2. The highest BCUT2D eigenvalue weighted by atomic mass is 32.1. The number of quaternary nitrogens is 2. The highest BCUT2D eigenvalue weighted by Crippen LogP contribution is 2.38. The first kappa shape index (κ1) is 19.2. The SMILES string of the molecule is Cn1c(C2CC2)nn(C[NH+]2CC[NH+](CC(=O)Nc3ccc(F)cc3)CC2)c1=S. The molecule has 0 unspecified atom stereocenters. The minimum Gasteiger partial charge on any atom is -0.321 e. The standard InChI is InChI=1S/C19H25FN6OS/c1-23-18(14-2-3-14)22-26(19(23)28)13-25-10-8-24(9-11-25)12-17(27)21-16-6-4-15(20)5-7-16/h4-7,14H,2-3,8-13H2,1H3,(H,21,27)/p+2. The number of nitrogens with one attached hydrogen (secondary N) is 3. The summed E-state index contributed by atoms with van der Waals surface area (Å²) in [5, 5.41) is 7.58. The Kier molecular flexibility index (Phi) is 5.56. The third kappa shape index (κ3) is 4.48. The van der Waals surface area contributed by atoms with Gasteiger partial charge in [0.05, 0.1) is 0 Å². The molecule has 1 aliphatic heterocycles. The number of carbonyl (C=O) groups excluding carboxylic acids is 1. The smallest absolute Gasteiger partial charge is 0.279 e. The Balaban J connectivity index is 1.25. The molecule has 1 aliphatic carbocycles. The third-order valence-electron chi connectivity index (χ3n) is 5.59. The van der Waals surface area contributed by atoms with Crippen molar-refractivity contribution >= 4 is 23.8 Å². The van der Waals surface area contributed by atoms with Crippen molar-refractivity contribution in [2.75, 3.05) is 38.0 Å². The van der Waals surface area contributed by atoms with E-state index >= 15 is 0 Å². The molecule has 2 aliphatic rings. The number of benzene rings is 1. The summed E-state index contributed by atoms with van der Waals surface area (Å²) in [5.74, 6) is 1.36. The van der Waals surface area contributed by atoms with Gasteiger partial charge < -0.3 is 19.7 Å². The summed E-state index contributed by atoms with van der Waals surface area (Å²) in [6.45, 7) is 5.05. The Morgan fingerprint density at radius 3 is 2.50 bits per heavy atom. The van der Waals surface area contributed by atoms with E-state index in [2.05, 4.69) is 5.32 Å². The first-order valence-corrected chi connectivity index (χ1v) is 10.3. The molecule has 9 heteroatoms.